The number of carbonyl (C=O) groups is 2. The van der Waals surface area contributed by atoms with Crippen molar-refractivity contribution in [2.24, 2.45) is 17.3 Å². The summed E-state index contributed by atoms with van der Waals surface area (Å²) in [5, 5.41) is 11.9. The van der Waals surface area contributed by atoms with Crippen molar-refractivity contribution in [2.75, 3.05) is 6.61 Å². The number of esters is 1. The van der Waals surface area contributed by atoms with Crippen molar-refractivity contribution in [3.8, 4) is 6.07 Å². The van der Waals surface area contributed by atoms with Gasteiger partial charge in [0.1, 0.15) is 11.8 Å². The average Bonchev–Trinajstić information content (AvgIpc) is 2.39. The van der Waals surface area contributed by atoms with E-state index < -0.39 is 23.2 Å². The highest BCUT2D eigenvalue weighted by atomic mass is 32.1. The van der Waals surface area contributed by atoms with Gasteiger partial charge in [0.2, 0.25) is 5.91 Å². The molecule has 0 bridgehead atoms. The van der Waals surface area contributed by atoms with Gasteiger partial charge < -0.3 is 10.1 Å². The van der Waals surface area contributed by atoms with Crippen LogP contribution in [0.4, 0.5) is 0 Å². The average molecular weight is 294 g/mol. The van der Waals surface area contributed by atoms with Crippen LogP contribution in [0.15, 0.2) is 0 Å². The van der Waals surface area contributed by atoms with E-state index in [-0.39, 0.29) is 17.5 Å². The van der Waals surface area contributed by atoms with E-state index in [1.807, 2.05) is 0 Å². The first-order valence-electron chi connectivity index (χ1n) is 6.98. The molecule has 0 radical (unpaired) electrons. The van der Waals surface area contributed by atoms with Gasteiger partial charge in [0, 0.05) is 5.41 Å². The van der Waals surface area contributed by atoms with Gasteiger partial charge in [-0.2, -0.15) is 5.26 Å². The minimum absolute atomic E-state index is 0.210. The summed E-state index contributed by atoms with van der Waals surface area (Å²) in [7, 11) is 0. The molecular formula is C14H18N2O3S. The van der Waals surface area contributed by atoms with Gasteiger partial charge in [-0.25, -0.2) is 0 Å². The van der Waals surface area contributed by atoms with Crippen molar-refractivity contribution < 1.29 is 14.3 Å². The van der Waals surface area contributed by atoms with E-state index in [4.69, 9.17) is 17.0 Å². The molecule has 1 spiro atoms. The fourth-order valence-electron chi connectivity index (χ4n) is 3.50. The van der Waals surface area contributed by atoms with E-state index >= 15 is 0 Å². The number of piperidine rings is 1. The minimum atomic E-state index is -0.830. The third kappa shape index (κ3) is 2.31. The van der Waals surface area contributed by atoms with Crippen LogP contribution in [-0.2, 0) is 14.3 Å². The summed E-state index contributed by atoms with van der Waals surface area (Å²) in [4.78, 5) is 24.6. The zero-order chi connectivity index (χ0) is 14.8. The summed E-state index contributed by atoms with van der Waals surface area (Å²) < 4.78 is 5.12. The zero-order valence-corrected chi connectivity index (χ0v) is 12.3. The normalized spacial score (nSPS) is 28.6. The Kier molecular flexibility index (Phi) is 4.39. The molecule has 1 amide bonds. The lowest BCUT2D eigenvalue weighted by molar-refractivity contribution is -0.154. The van der Waals surface area contributed by atoms with Crippen LogP contribution in [0.5, 0.6) is 0 Å². The summed E-state index contributed by atoms with van der Waals surface area (Å²) in [6.07, 6.45) is 4.21. The van der Waals surface area contributed by atoms with E-state index in [0.29, 0.717) is 12.8 Å². The lowest BCUT2D eigenvalue weighted by Crippen LogP contribution is -2.60. The first-order valence-corrected chi connectivity index (χ1v) is 7.38. The van der Waals surface area contributed by atoms with Gasteiger partial charge in [-0.1, -0.05) is 31.5 Å². The van der Waals surface area contributed by atoms with E-state index in [2.05, 4.69) is 11.4 Å². The number of nitriles is 1. The first-order chi connectivity index (χ1) is 9.56. The van der Waals surface area contributed by atoms with Gasteiger partial charge in [-0.05, 0) is 19.8 Å². The first kappa shape index (κ1) is 14.9. The maximum absolute atomic E-state index is 12.3. The Morgan fingerprint density at radius 3 is 2.70 bits per heavy atom. The maximum Gasteiger partial charge on any atom is 0.316 e. The Hall–Kier alpha value is -1.48. The van der Waals surface area contributed by atoms with Crippen molar-refractivity contribution in [1.29, 1.82) is 5.26 Å². The molecule has 1 N–H and O–H groups in total. The number of nitrogens with one attached hydrogen (secondary N) is 1. The van der Waals surface area contributed by atoms with Gasteiger partial charge in [-0.15, -0.1) is 0 Å². The second kappa shape index (κ2) is 5.88. The molecule has 1 saturated carbocycles. The maximum atomic E-state index is 12.3. The number of hydrogen-bond donors (Lipinski definition) is 1. The van der Waals surface area contributed by atoms with Crippen LogP contribution in [0.2, 0.25) is 0 Å². The molecule has 1 aliphatic carbocycles. The van der Waals surface area contributed by atoms with Crippen molar-refractivity contribution in [1.82, 2.24) is 5.32 Å². The number of ether oxygens (including phenoxy) is 1. The third-order valence-electron chi connectivity index (χ3n) is 4.36. The van der Waals surface area contributed by atoms with Crippen molar-refractivity contribution in [2.45, 2.75) is 39.0 Å². The molecule has 5 nitrogen and oxygen atoms in total. The van der Waals surface area contributed by atoms with Gasteiger partial charge >= 0.3 is 5.97 Å². The number of nitrogens with zero attached hydrogens (tertiary/aromatic N) is 1. The predicted octanol–water partition coefficient (Wildman–Crippen LogP) is 1.71. The van der Waals surface area contributed by atoms with Crippen LogP contribution in [0.1, 0.15) is 39.0 Å². The summed E-state index contributed by atoms with van der Waals surface area (Å²) in [6.45, 7) is 2.00. The standard InChI is InChI=1S/C14H18N2O3S/c1-2-19-13(18)10-12(20)16-11(17)9(8-15)14(10)6-4-3-5-7-14/h9-10H,2-7H2,1H3,(H,16,17,20)/t9-,10-/m1/s1. The molecule has 1 heterocycles. The van der Waals surface area contributed by atoms with Crippen LogP contribution in [0.3, 0.4) is 0 Å². The predicted molar refractivity (Wildman–Crippen MR) is 75.5 cm³/mol. The van der Waals surface area contributed by atoms with Crippen molar-refractivity contribution in [3.05, 3.63) is 0 Å². The second-order valence-corrected chi connectivity index (χ2v) is 5.83. The highest BCUT2D eigenvalue weighted by molar-refractivity contribution is 7.80. The van der Waals surface area contributed by atoms with E-state index in [1.54, 1.807) is 6.92 Å². The van der Waals surface area contributed by atoms with Gasteiger partial charge in [-0.3, -0.25) is 9.59 Å². The van der Waals surface area contributed by atoms with Gasteiger partial charge in [0.15, 0.2) is 0 Å². The van der Waals surface area contributed by atoms with Crippen LogP contribution in [0, 0.1) is 28.6 Å². The smallest absolute Gasteiger partial charge is 0.316 e. The summed E-state index contributed by atoms with van der Waals surface area (Å²) in [6, 6.07) is 2.08. The molecule has 0 unspecified atom stereocenters. The Labute approximate surface area is 123 Å². The van der Waals surface area contributed by atoms with E-state index in [0.717, 1.165) is 19.3 Å². The summed E-state index contributed by atoms with van der Waals surface area (Å²) in [5.74, 6) is -2.30. The Bertz CT molecular complexity index is 477. The van der Waals surface area contributed by atoms with E-state index in [9.17, 15) is 14.9 Å². The fraction of sp³-hybridized carbons (Fsp3) is 0.714. The Morgan fingerprint density at radius 1 is 1.50 bits per heavy atom. The Balaban J connectivity index is 2.44. The quantitative estimate of drug-likeness (QED) is 0.619. The number of carbonyl (C=O) groups excluding carboxylic acids is 2. The molecule has 108 valence electrons. The van der Waals surface area contributed by atoms with E-state index in [1.165, 1.54) is 0 Å². The largest absolute Gasteiger partial charge is 0.465 e. The molecule has 0 aromatic carbocycles. The molecule has 2 fully saturated rings. The second-order valence-electron chi connectivity index (χ2n) is 5.39. The zero-order valence-electron chi connectivity index (χ0n) is 11.5. The lowest BCUT2D eigenvalue weighted by Gasteiger charge is -2.47. The highest BCUT2D eigenvalue weighted by Gasteiger charge is 2.57. The Morgan fingerprint density at radius 2 is 2.15 bits per heavy atom. The minimum Gasteiger partial charge on any atom is -0.465 e. The molecule has 2 aliphatic rings. The van der Waals surface area contributed by atoms with Crippen molar-refractivity contribution >= 4 is 29.1 Å². The number of amides is 1. The molecule has 2 rings (SSSR count). The lowest BCUT2D eigenvalue weighted by atomic mass is 9.57. The van der Waals surface area contributed by atoms with Gasteiger partial charge in [0.25, 0.3) is 0 Å². The van der Waals surface area contributed by atoms with Crippen LogP contribution in [-0.4, -0.2) is 23.5 Å². The van der Waals surface area contributed by atoms with Crippen LogP contribution < -0.4 is 5.32 Å². The van der Waals surface area contributed by atoms with Crippen LogP contribution in [0.25, 0.3) is 0 Å². The monoisotopic (exact) mass is 294 g/mol. The third-order valence-corrected chi connectivity index (χ3v) is 4.69. The molecule has 0 aromatic rings. The fourth-order valence-corrected chi connectivity index (χ4v) is 3.93. The molecule has 0 aromatic heterocycles. The number of hydrogen-bond acceptors (Lipinski definition) is 5. The molecular weight excluding hydrogens is 276 g/mol. The van der Waals surface area contributed by atoms with Crippen molar-refractivity contribution in [3.63, 3.8) is 0 Å². The molecule has 6 heteroatoms. The molecule has 2 atom stereocenters. The molecule has 1 aliphatic heterocycles. The van der Waals surface area contributed by atoms with Crippen LogP contribution >= 0.6 is 12.2 Å². The molecule has 1 saturated heterocycles. The summed E-state index contributed by atoms with van der Waals surface area (Å²) in [5.41, 5.74) is -0.682. The number of thiocarbonyl (C=S) groups is 1. The summed E-state index contributed by atoms with van der Waals surface area (Å²) >= 11 is 5.21. The highest BCUT2D eigenvalue weighted by Crippen LogP contribution is 2.51. The number of rotatable bonds is 2. The topological polar surface area (TPSA) is 79.2 Å². The SMILES string of the molecule is CCOC(=O)[C@H]1C(=S)NC(=O)[C@@H](C#N)C12CCCCC2. The van der Waals surface area contributed by atoms with Gasteiger partial charge in [0.05, 0.1) is 17.7 Å². The molecule has 20 heavy (non-hydrogen) atoms.